The Morgan fingerprint density at radius 2 is 1.75 bits per heavy atom. The Morgan fingerprint density at radius 3 is 2.39 bits per heavy atom. The van der Waals surface area contributed by atoms with Crippen LogP contribution in [0.4, 0.5) is 15.8 Å². The highest BCUT2D eigenvalue weighted by atomic mass is 19.1. The van der Waals surface area contributed by atoms with Gasteiger partial charge in [0.25, 0.3) is 0 Å². The SMILES string of the molecule is CC(=O)N1CCC(C=CC(=O)Nc2cc(-c3ccc(F)cc3)ccc2N)CC1. The van der Waals surface area contributed by atoms with Gasteiger partial charge in [0.15, 0.2) is 0 Å². The second-order valence-corrected chi connectivity index (χ2v) is 7.00. The van der Waals surface area contributed by atoms with Crippen LogP contribution in [-0.4, -0.2) is 29.8 Å². The molecule has 5 nitrogen and oxygen atoms in total. The van der Waals surface area contributed by atoms with Crippen molar-refractivity contribution in [1.29, 1.82) is 0 Å². The zero-order chi connectivity index (χ0) is 20.1. The zero-order valence-corrected chi connectivity index (χ0v) is 15.8. The van der Waals surface area contributed by atoms with Gasteiger partial charge in [0.05, 0.1) is 11.4 Å². The van der Waals surface area contributed by atoms with Crippen LogP contribution in [-0.2, 0) is 9.59 Å². The summed E-state index contributed by atoms with van der Waals surface area (Å²) in [5, 5.41) is 2.81. The lowest BCUT2D eigenvalue weighted by atomic mass is 9.96. The van der Waals surface area contributed by atoms with Crippen molar-refractivity contribution in [3.8, 4) is 11.1 Å². The maximum Gasteiger partial charge on any atom is 0.248 e. The molecule has 2 aromatic carbocycles. The molecule has 1 aliphatic rings. The molecule has 2 aromatic rings. The maximum atomic E-state index is 13.1. The van der Waals surface area contributed by atoms with Crippen molar-refractivity contribution in [2.24, 2.45) is 5.92 Å². The number of allylic oxidation sites excluding steroid dienone is 1. The summed E-state index contributed by atoms with van der Waals surface area (Å²) >= 11 is 0. The van der Waals surface area contributed by atoms with Crippen LogP contribution in [0.2, 0.25) is 0 Å². The minimum atomic E-state index is -0.299. The first-order chi connectivity index (χ1) is 13.4. The molecule has 0 bridgehead atoms. The molecule has 0 atom stereocenters. The number of piperidine rings is 1. The minimum Gasteiger partial charge on any atom is -0.397 e. The van der Waals surface area contributed by atoms with Crippen molar-refractivity contribution in [3.63, 3.8) is 0 Å². The summed E-state index contributed by atoms with van der Waals surface area (Å²) < 4.78 is 13.1. The minimum absolute atomic E-state index is 0.0942. The van der Waals surface area contributed by atoms with Gasteiger partial charge in [-0.15, -0.1) is 0 Å². The summed E-state index contributed by atoms with van der Waals surface area (Å²) in [7, 11) is 0. The molecule has 0 saturated carbocycles. The van der Waals surface area contributed by atoms with E-state index < -0.39 is 0 Å². The molecule has 1 heterocycles. The molecule has 0 unspecified atom stereocenters. The largest absolute Gasteiger partial charge is 0.397 e. The van der Waals surface area contributed by atoms with E-state index in [1.165, 1.54) is 18.2 Å². The molecule has 0 aromatic heterocycles. The van der Waals surface area contributed by atoms with Crippen molar-refractivity contribution < 1.29 is 14.0 Å². The number of carbonyl (C=O) groups is 2. The summed E-state index contributed by atoms with van der Waals surface area (Å²) in [6.45, 7) is 3.02. The third-order valence-electron chi connectivity index (χ3n) is 4.99. The fourth-order valence-electron chi connectivity index (χ4n) is 3.29. The molecule has 3 rings (SSSR count). The van der Waals surface area contributed by atoms with E-state index in [-0.39, 0.29) is 23.5 Å². The van der Waals surface area contributed by atoms with Gasteiger partial charge in [-0.05, 0) is 60.2 Å². The summed E-state index contributed by atoms with van der Waals surface area (Å²) in [6, 6.07) is 11.5. The molecule has 0 spiro atoms. The normalized spacial score (nSPS) is 15.0. The predicted octanol–water partition coefficient (Wildman–Crippen LogP) is 3.83. The van der Waals surface area contributed by atoms with Crippen LogP contribution in [0.1, 0.15) is 19.8 Å². The number of likely N-dealkylation sites (tertiary alicyclic amines) is 1. The Labute approximate surface area is 164 Å². The molecule has 1 aliphatic heterocycles. The summed E-state index contributed by atoms with van der Waals surface area (Å²) in [4.78, 5) is 25.5. The number of nitrogens with zero attached hydrogens (tertiary/aromatic N) is 1. The lowest BCUT2D eigenvalue weighted by molar-refractivity contribution is -0.130. The van der Waals surface area contributed by atoms with Crippen LogP contribution < -0.4 is 11.1 Å². The maximum absolute atomic E-state index is 13.1. The molecule has 146 valence electrons. The van der Waals surface area contributed by atoms with E-state index in [1.807, 2.05) is 17.0 Å². The topological polar surface area (TPSA) is 75.4 Å². The summed E-state index contributed by atoms with van der Waals surface area (Å²) in [6.07, 6.45) is 5.13. The van der Waals surface area contributed by atoms with Gasteiger partial charge in [-0.3, -0.25) is 9.59 Å². The first-order valence-electron chi connectivity index (χ1n) is 9.32. The molecule has 28 heavy (non-hydrogen) atoms. The van der Waals surface area contributed by atoms with Crippen molar-refractivity contribution in [2.45, 2.75) is 19.8 Å². The number of hydrogen-bond donors (Lipinski definition) is 2. The average molecular weight is 381 g/mol. The Balaban J connectivity index is 1.63. The number of rotatable bonds is 4. The monoisotopic (exact) mass is 381 g/mol. The Kier molecular flexibility index (Phi) is 6.09. The molecular weight excluding hydrogens is 357 g/mol. The van der Waals surface area contributed by atoms with Crippen LogP contribution in [0.3, 0.4) is 0 Å². The molecule has 1 saturated heterocycles. The number of amides is 2. The predicted molar refractivity (Wildman–Crippen MR) is 109 cm³/mol. The lowest BCUT2D eigenvalue weighted by Crippen LogP contribution is -2.36. The number of hydrogen-bond acceptors (Lipinski definition) is 3. The third-order valence-corrected chi connectivity index (χ3v) is 4.99. The van der Waals surface area contributed by atoms with Crippen LogP contribution in [0.5, 0.6) is 0 Å². The molecular formula is C22H24FN3O2. The zero-order valence-electron chi connectivity index (χ0n) is 15.8. The standard InChI is InChI=1S/C22H24FN3O2/c1-15(27)26-12-10-16(11-13-26)2-9-22(28)25-21-14-18(5-8-20(21)24)17-3-6-19(23)7-4-17/h2-9,14,16H,10-13,24H2,1H3,(H,25,28). The summed E-state index contributed by atoms with van der Waals surface area (Å²) in [5.41, 5.74) is 8.64. The Hall–Kier alpha value is -3.15. The highest BCUT2D eigenvalue weighted by Gasteiger charge is 2.18. The quantitative estimate of drug-likeness (QED) is 0.624. The molecule has 0 aliphatic carbocycles. The fraction of sp³-hybridized carbons (Fsp3) is 0.273. The van der Waals surface area contributed by atoms with E-state index in [2.05, 4.69) is 5.32 Å². The van der Waals surface area contributed by atoms with Gasteiger partial charge in [0.1, 0.15) is 5.82 Å². The first kappa shape index (κ1) is 19.6. The molecule has 2 amide bonds. The van der Waals surface area contributed by atoms with Gasteiger partial charge in [0, 0.05) is 20.0 Å². The van der Waals surface area contributed by atoms with Gasteiger partial charge >= 0.3 is 0 Å². The van der Waals surface area contributed by atoms with Crippen molar-refractivity contribution in [1.82, 2.24) is 4.90 Å². The summed E-state index contributed by atoms with van der Waals surface area (Å²) in [5.74, 6) is -0.176. The van der Waals surface area contributed by atoms with Gasteiger partial charge in [-0.2, -0.15) is 0 Å². The van der Waals surface area contributed by atoms with Gasteiger partial charge in [-0.25, -0.2) is 4.39 Å². The molecule has 0 radical (unpaired) electrons. The number of nitrogens with two attached hydrogens (primary N) is 1. The van der Waals surface area contributed by atoms with Crippen molar-refractivity contribution in [3.05, 3.63) is 60.4 Å². The highest BCUT2D eigenvalue weighted by Crippen LogP contribution is 2.27. The number of halogens is 1. The molecule has 3 N–H and O–H groups in total. The number of benzene rings is 2. The van der Waals surface area contributed by atoms with Gasteiger partial charge in [0.2, 0.25) is 11.8 Å². The first-order valence-corrected chi connectivity index (χ1v) is 9.32. The van der Waals surface area contributed by atoms with E-state index >= 15 is 0 Å². The highest BCUT2D eigenvalue weighted by molar-refractivity contribution is 6.01. The van der Waals surface area contributed by atoms with Crippen molar-refractivity contribution in [2.75, 3.05) is 24.1 Å². The van der Waals surface area contributed by atoms with Crippen LogP contribution in [0.15, 0.2) is 54.6 Å². The fourth-order valence-corrected chi connectivity index (χ4v) is 3.29. The Bertz CT molecular complexity index is 885. The van der Waals surface area contributed by atoms with Crippen molar-refractivity contribution >= 4 is 23.2 Å². The van der Waals surface area contributed by atoms with E-state index in [0.29, 0.717) is 11.4 Å². The third kappa shape index (κ3) is 4.97. The number of anilines is 2. The number of nitrogen functional groups attached to an aromatic ring is 1. The average Bonchev–Trinajstić information content (AvgIpc) is 2.69. The van der Waals surface area contributed by atoms with Crippen LogP contribution in [0, 0.1) is 11.7 Å². The second-order valence-electron chi connectivity index (χ2n) is 7.00. The van der Waals surface area contributed by atoms with E-state index in [4.69, 9.17) is 5.73 Å². The van der Waals surface area contributed by atoms with Gasteiger partial charge in [-0.1, -0.05) is 24.3 Å². The van der Waals surface area contributed by atoms with E-state index in [9.17, 15) is 14.0 Å². The number of carbonyl (C=O) groups excluding carboxylic acids is 2. The van der Waals surface area contributed by atoms with Gasteiger partial charge < -0.3 is 16.0 Å². The van der Waals surface area contributed by atoms with Crippen LogP contribution >= 0.6 is 0 Å². The lowest BCUT2D eigenvalue weighted by Gasteiger charge is -2.29. The van der Waals surface area contributed by atoms with E-state index in [1.54, 1.807) is 31.2 Å². The smallest absolute Gasteiger partial charge is 0.248 e. The van der Waals surface area contributed by atoms with E-state index in [0.717, 1.165) is 37.1 Å². The van der Waals surface area contributed by atoms with Crippen LogP contribution in [0.25, 0.3) is 11.1 Å². The number of nitrogens with one attached hydrogen (secondary N) is 1. The Morgan fingerprint density at radius 1 is 1.11 bits per heavy atom. The second kappa shape index (κ2) is 8.69. The molecule has 6 heteroatoms. The molecule has 1 fully saturated rings.